The Morgan fingerprint density at radius 2 is 1.68 bits per heavy atom. The fraction of sp³-hybridized carbons (Fsp3) is 0.0833. The standard InChI is InChI=1S/C24H16BrF3N2O/c25-20-6-2-1-5-19(20)22(15-7-10-18(11-8-15)24(26,27)28)30-23(31)17-9-12-21-16(14-17)4-3-13-29-21/h1-14,22H,(H,30,31)/t22-/m0/s1. The molecule has 1 amide bonds. The molecule has 0 saturated heterocycles. The largest absolute Gasteiger partial charge is 0.416 e. The van der Waals surface area contributed by atoms with Crippen molar-refractivity contribution >= 4 is 32.7 Å². The number of aromatic nitrogens is 1. The maximum absolute atomic E-state index is 13.1. The molecular weight excluding hydrogens is 469 g/mol. The first-order valence-electron chi connectivity index (χ1n) is 9.40. The van der Waals surface area contributed by atoms with Gasteiger partial charge < -0.3 is 5.32 Å². The summed E-state index contributed by atoms with van der Waals surface area (Å²) in [5, 5.41) is 3.78. The Bertz CT molecular complexity index is 1240. The third-order valence-corrected chi connectivity index (χ3v) is 5.65. The van der Waals surface area contributed by atoms with Crippen molar-refractivity contribution in [2.24, 2.45) is 0 Å². The van der Waals surface area contributed by atoms with Crippen LogP contribution in [-0.2, 0) is 6.18 Å². The summed E-state index contributed by atoms with van der Waals surface area (Å²) in [5.41, 5.74) is 1.73. The highest BCUT2D eigenvalue weighted by Crippen LogP contribution is 2.33. The van der Waals surface area contributed by atoms with Crippen molar-refractivity contribution < 1.29 is 18.0 Å². The number of alkyl halides is 3. The predicted molar refractivity (Wildman–Crippen MR) is 117 cm³/mol. The summed E-state index contributed by atoms with van der Waals surface area (Å²) in [5.74, 6) is -0.341. The third-order valence-electron chi connectivity index (χ3n) is 4.93. The number of rotatable bonds is 4. The molecule has 1 atom stereocenters. The molecule has 0 saturated carbocycles. The van der Waals surface area contributed by atoms with Gasteiger partial charge in [-0.05, 0) is 53.6 Å². The van der Waals surface area contributed by atoms with Gasteiger partial charge >= 0.3 is 6.18 Å². The quantitative estimate of drug-likeness (QED) is 0.357. The van der Waals surface area contributed by atoms with Crippen LogP contribution in [0.3, 0.4) is 0 Å². The number of amides is 1. The Morgan fingerprint density at radius 3 is 2.39 bits per heavy atom. The molecule has 31 heavy (non-hydrogen) atoms. The lowest BCUT2D eigenvalue weighted by Gasteiger charge is -2.22. The van der Waals surface area contributed by atoms with E-state index in [0.717, 1.165) is 33.1 Å². The summed E-state index contributed by atoms with van der Waals surface area (Å²) in [4.78, 5) is 17.3. The van der Waals surface area contributed by atoms with Crippen molar-refractivity contribution in [2.75, 3.05) is 0 Å². The van der Waals surface area contributed by atoms with Gasteiger partial charge in [-0.2, -0.15) is 13.2 Å². The van der Waals surface area contributed by atoms with Gasteiger partial charge in [0.25, 0.3) is 5.91 Å². The van der Waals surface area contributed by atoms with E-state index in [9.17, 15) is 18.0 Å². The number of pyridine rings is 1. The van der Waals surface area contributed by atoms with Gasteiger partial charge in [-0.15, -0.1) is 0 Å². The number of halogens is 4. The molecule has 4 rings (SSSR count). The van der Waals surface area contributed by atoms with Crippen LogP contribution in [0, 0.1) is 0 Å². The topological polar surface area (TPSA) is 42.0 Å². The van der Waals surface area contributed by atoms with E-state index in [1.54, 1.807) is 30.5 Å². The van der Waals surface area contributed by atoms with Crippen LogP contribution in [0.25, 0.3) is 10.9 Å². The van der Waals surface area contributed by atoms with E-state index in [2.05, 4.69) is 26.2 Å². The van der Waals surface area contributed by atoms with Gasteiger partial charge in [0.1, 0.15) is 0 Å². The fourth-order valence-electron chi connectivity index (χ4n) is 3.35. The van der Waals surface area contributed by atoms with Crippen LogP contribution in [0.4, 0.5) is 13.2 Å². The third kappa shape index (κ3) is 4.61. The number of hydrogen-bond acceptors (Lipinski definition) is 2. The summed E-state index contributed by atoms with van der Waals surface area (Å²) in [6, 6.07) is 20.3. The molecule has 0 spiro atoms. The smallest absolute Gasteiger partial charge is 0.341 e. The molecule has 7 heteroatoms. The van der Waals surface area contributed by atoms with Gasteiger partial charge in [0.2, 0.25) is 0 Å². The maximum atomic E-state index is 13.1. The minimum atomic E-state index is -4.43. The Morgan fingerprint density at radius 1 is 0.935 bits per heavy atom. The molecule has 0 radical (unpaired) electrons. The summed E-state index contributed by atoms with van der Waals surface area (Å²) in [6.07, 6.45) is -2.75. The number of hydrogen-bond donors (Lipinski definition) is 1. The summed E-state index contributed by atoms with van der Waals surface area (Å²) < 4.78 is 39.7. The Labute approximate surface area is 185 Å². The lowest BCUT2D eigenvalue weighted by Crippen LogP contribution is -2.29. The van der Waals surface area contributed by atoms with Crippen LogP contribution >= 0.6 is 15.9 Å². The second-order valence-electron chi connectivity index (χ2n) is 6.96. The number of fused-ring (bicyclic) bond motifs is 1. The SMILES string of the molecule is O=C(N[C@@H](c1ccc(C(F)(F)F)cc1)c1ccccc1Br)c1ccc2ncccc2c1. The van der Waals surface area contributed by atoms with Gasteiger partial charge in [0.05, 0.1) is 17.1 Å². The van der Waals surface area contributed by atoms with E-state index in [0.29, 0.717) is 11.1 Å². The molecule has 0 bridgehead atoms. The lowest BCUT2D eigenvalue weighted by atomic mass is 9.97. The van der Waals surface area contributed by atoms with E-state index >= 15 is 0 Å². The molecule has 0 fully saturated rings. The molecule has 3 aromatic carbocycles. The zero-order chi connectivity index (χ0) is 22.0. The van der Waals surface area contributed by atoms with Crippen LogP contribution in [0.2, 0.25) is 0 Å². The predicted octanol–water partition coefficient (Wildman–Crippen LogP) is 6.54. The monoisotopic (exact) mass is 484 g/mol. The summed E-state index contributed by atoms with van der Waals surface area (Å²) in [6.45, 7) is 0. The van der Waals surface area contributed by atoms with Crippen molar-refractivity contribution in [1.82, 2.24) is 10.3 Å². The Hall–Kier alpha value is -3.19. The molecule has 0 unspecified atom stereocenters. The van der Waals surface area contributed by atoms with Gasteiger partial charge in [-0.25, -0.2) is 0 Å². The van der Waals surface area contributed by atoms with Gasteiger partial charge in [0, 0.05) is 21.6 Å². The highest BCUT2D eigenvalue weighted by atomic mass is 79.9. The van der Waals surface area contributed by atoms with E-state index in [-0.39, 0.29) is 5.91 Å². The van der Waals surface area contributed by atoms with Crippen LogP contribution in [0.5, 0.6) is 0 Å². The minimum absolute atomic E-state index is 0.341. The highest BCUT2D eigenvalue weighted by molar-refractivity contribution is 9.10. The molecule has 1 aromatic heterocycles. The van der Waals surface area contributed by atoms with Crippen LogP contribution in [-0.4, -0.2) is 10.9 Å². The van der Waals surface area contributed by atoms with Crippen molar-refractivity contribution in [3.05, 3.63) is 112 Å². The number of carbonyl (C=O) groups excluding carboxylic acids is 1. The molecule has 0 aliphatic rings. The number of benzene rings is 3. The number of nitrogens with zero attached hydrogens (tertiary/aromatic N) is 1. The van der Waals surface area contributed by atoms with Crippen molar-refractivity contribution in [1.29, 1.82) is 0 Å². The molecule has 4 aromatic rings. The van der Waals surface area contributed by atoms with E-state index in [1.165, 1.54) is 12.1 Å². The molecule has 3 nitrogen and oxygen atoms in total. The fourth-order valence-corrected chi connectivity index (χ4v) is 3.86. The average molecular weight is 485 g/mol. The molecular formula is C24H16BrF3N2O. The lowest BCUT2D eigenvalue weighted by molar-refractivity contribution is -0.137. The van der Waals surface area contributed by atoms with Crippen molar-refractivity contribution in [3.63, 3.8) is 0 Å². The average Bonchev–Trinajstić information content (AvgIpc) is 2.77. The Kier molecular flexibility index (Phi) is 5.78. The normalized spacial score (nSPS) is 12.5. The highest BCUT2D eigenvalue weighted by Gasteiger charge is 2.30. The van der Waals surface area contributed by atoms with Crippen molar-refractivity contribution in [3.8, 4) is 0 Å². The number of carbonyl (C=O) groups is 1. The molecule has 0 aliphatic carbocycles. The van der Waals surface area contributed by atoms with Crippen molar-refractivity contribution in [2.45, 2.75) is 12.2 Å². The van der Waals surface area contributed by atoms with E-state index < -0.39 is 17.8 Å². The van der Waals surface area contributed by atoms with E-state index in [1.807, 2.05) is 30.3 Å². The van der Waals surface area contributed by atoms with Gasteiger partial charge in [-0.3, -0.25) is 9.78 Å². The van der Waals surface area contributed by atoms with Gasteiger partial charge in [-0.1, -0.05) is 52.3 Å². The van der Waals surface area contributed by atoms with Crippen LogP contribution in [0.1, 0.15) is 33.1 Å². The first-order valence-corrected chi connectivity index (χ1v) is 10.2. The van der Waals surface area contributed by atoms with Gasteiger partial charge in [0.15, 0.2) is 0 Å². The number of nitrogens with one attached hydrogen (secondary N) is 1. The molecule has 1 heterocycles. The van der Waals surface area contributed by atoms with Crippen LogP contribution < -0.4 is 5.32 Å². The minimum Gasteiger partial charge on any atom is -0.341 e. The summed E-state index contributed by atoms with van der Waals surface area (Å²) in [7, 11) is 0. The maximum Gasteiger partial charge on any atom is 0.416 e. The van der Waals surface area contributed by atoms with E-state index in [4.69, 9.17) is 0 Å². The summed E-state index contributed by atoms with van der Waals surface area (Å²) >= 11 is 3.48. The molecule has 1 N–H and O–H groups in total. The van der Waals surface area contributed by atoms with Crippen LogP contribution in [0.15, 0.2) is 89.5 Å². The second-order valence-corrected chi connectivity index (χ2v) is 7.81. The first kappa shape index (κ1) is 21.1. The second kappa shape index (κ2) is 8.51. The zero-order valence-electron chi connectivity index (χ0n) is 16.0. The Balaban J connectivity index is 1.70. The molecule has 156 valence electrons. The molecule has 0 aliphatic heterocycles. The first-order chi connectivity index (χ1) is 14.8. The zero-order valence-corrected chi connectivity index (χ0v) is 17.6.